The SMILES string of the molecule is CCCCCCCCCCCCCCCCCCCCCCCCCCCC(O)C(CO)NC(=O)C(O)CCCCCCCCCCCCCCCCCC. The van der Waals surface area contributed by atoms with Crippen molar-refractivity contribution in [3.63, 3.8) is 0 Å². The lowest BCUT2D eigenvalue weighted by molar-refractivity contribution is -0.131. The van der Waals surface area contributed by atoms with Gasteiger partial charge in [-0.1, -0.05) is 277 Å². The van der Waals surface area contributed by atoms with E-state index in [1.165, 1.54) is 231 Å². The van der Waals surface area contributed by atoms with E-state index in [1.54, 1.807) is 0 Å². The Bertz CT molecular complexity index is 733. The van der Waals surface area contributed by atoms with E-state index in [2.05, 4.69) is 19.2 Å². The van der Waals surface area contributed by atoms with Gasteiger partial charge in [0.1, 0.15) is 6.10 Å². The molecular formula is C50H101NO4. The van der Waals surface area contributed by atoms with Gasteiger partial charge in [0.15, 0.2) is 0 Å². The second-order valence-corrected chi connectivity index (χ2v) is 17.7. The summed E-state index contributed by atoms with van der Waals surface area (Å²) in [6.07, 6.45) is 54.1. The minimum atomic E-state index is -1.07. The van der Waals surface area contributed by atoms with Gasteiger partial charge in [-0.3, -0.25) is 4.79 Å². The van der Waals surface area contributed by atoms with Gasteiger partial charge in [-0.05, 0) is 12.8 Å². The van der Waals surface area contributed by atoms with Crippen molar-refractivity contribution in [2.24, 2.45) is 0 Å². The summed E-state index contributed by atoms with van der Waals surface area (Å²) in [4.78, 5) is 12.5. The number of nitrogens with one attached hydrogen (secondary N) is 1. The fourth-order valence-corrected chi connectivity index (χ4v) is 8.25. The number of amides is 1. The number of unbranched alkanes of at least 4 members (excludes halogenated alkanes) is 39. The second-order valence-electron chi connectivity index (χ2n) is 17.7. The Labute approximate surface area is 345 Å². The molecule has 0 rings (SSSR count). The molecule has 3 unspecified atom stereocenters. The topological polar surface area (TPSA) is 89.8 Å². The number of rotatable bonds is 47. The maximum absolute atomic E-state index is 12.5. The van der Waals surface area contributed by atoms with Crippen molar-refractivity contribution in [3.8, 4) is 0 Å². The van der Waals surface area contributed by atoms with E-state index < -0.39 is 24.2 Å². The first kappa shape index (κ1) is 54.3. The monoisotopic (exact) mass is 780 g/mol. The van der Waals surface area contributed by atoms with Crippen LogP contribution in [0, 0.1) is 0 Å². The van der Waals surface area contributed by atoms with Crippen LogP contribution < -0.4 is 5.32 Å². The Hall–Kier alpha value is -0.650. The zero-order chi connectivity index (χ0) is 40.1. The summed E-state index contributed by atoms with van der Waals surface area (Å²) in [5.74, 6) is -0.464. The first-order valence-corrected chi connectivity index (χ1v) is 25.3. The molecule has 0 heterocycles. The molecule has 4 N–H and O–H groups in total. The van der Waals surface area contributed by atoms with Crippen molar-refractivity contribution in [1.82, 2.24) is 5.32 Å². The minimum Gasteiger partial charge on any atom is -0.394 e. The van der Waals surface area contributed by atoms with Crippen LogP contribution in [0.1, 0.15) is 290 Å². The molecule has 55 heavy (non-hydrogen) atoms. The average molecular weight is 780 g/mol. The van der Waals surface area contributed by atoms with Crippen molar-refractivity contribution >= 4 is 5.91 Å². The quantitative estimate of drug-likeness (QED) is 0.0463. The highest BCUT2D eigenvalue weighted by Gasteiger charge is 2.23. The van der Waals surface area contributed by atoms with Crippen molar-refractivity contribution in [1.29, 1.82) is 0 Å². The molecule has 0 aromatic heterocycles. The van der Waals surface area contributed by atoms with Gasteiger partial charge in [0.25, 0.3) is 0 Å². The van der Waals surface area contributed by atoms with Gasteiger partial charge < -0.3 is 20.6 Å². The lowest BCUT2D eigenvalue weighted by atomic mass is 10.0. The summed E-state index contributed by atoms with van der Waals surface area (Å²) in [5, 5.41) is 33.4. The number of aliphatic hydroxyl groups is 3. The van der Waals surface area contributed by atoms with Gasteiger partial charge in [0.2, 0.25) is 5.91 Å². The zero-order valence-corrected chi connectivity index (χ0v) is 37.6. The molecule has 0 fully saturated rings. The Morgan fingerprint density at radius 1 is 0.364 bits per heavy atom. The number of aliphatic hydroxyl groups excluding tert-OH is 3. The Balaban J connectivity index is 3.51. The lowest BCUT2D eigenvalue weighted by Gasteiger charge is -2.23. The standard InChI is InChI=1S/C50H101NO4/c1-3-5-7-9-11-13-15-17-19-21-22-23-24-25-26-27-28-29-31-32-34-36-38-40-42-44-48(53)47(46-52)51-50(55)49(54)45-43-41-39-37-35-33-30-20-18-16-14-12-10-8-6-4-2/h47-49,52-54H,3-46H2,1-2H3,(H,51,55). The van der Waals surface area contributed by atoms with E-state index in [9.17, 15) is 20.1 Å². The second kappa shape index (κ2) is 46.0. The molecule has 1 amide bonds. The van der Waals surface area contributed by atoms with E-state index in [-0.39, 0.29) is 6.61 Å². The maximum Gasteiger partial charge on any atom is 0.249 e. The number of hydrogen-bond donors (Lipinski definition) is 4. The van der Waals surface area contributed by atoms with Gasteiger partial charge in [0.05, 0.1) is 18.8 Å². The number of hydrogen-bond acceptors (Lipinski definition) is 4. The summed E-state index contributed by atoms with van der Waals surface area (Å²) >= 11 is 0. The fraction of sp³-hybridized carbons (Fsp3) is 0.980. The molecule has 0 saturated carbocycles. The van der Waals surface area contributed by atoms with E-state index in [4.69, 9.17) is 0 Å². The van der Waals surface area contributed by atoms with E-state index in [0.717, 1.165) is 32.1 Å². The van der Waals surface area contributed by atoms with E-state index in [1.807, 2.05) is 0 Å². The Morgan fingerprint density at radius 2 is 0.582 bits per heavy atom. The fourth-order valence-electron chi connectivity index (χ4n) is 8.25. The van der Waals surface area contributed by atoms with Gasteiger partial charge >= 0.3 is 0 Å². The van der Waals surface area contributed by atoms with Crippen LogP contribution >= 0.6 is 0 Å². The highest BCUT2D eigenvalue weighted by atomic mass is 16.3. The van der Waals surface area contributed by atoms with Crippen LogP contribution in [0.2, 0.25) is 0 Å². The molecular weight excluding hydrogens is 679 g/mol. The molecule has 0 radical (unpaired) electrons. The van der Waals surface area contributed by atoms with Crippen LogP contribution in [0.25, 0.3) is 0 Å². The normalized spacial score (nSPS) is 13.3. The highest BCUT2D eigenvalue weighted by Crippen LogP contribution is 2.18. The molecule has 0 aliphatic heterocycles. The van der Waals surface area contributed by atoms with Crippen LogP contribution in [-0.4, -0.2) is 46.1 Å². The van der Waals surface area contributed by atoms with Crippen LogP contribution in [0.15, 0.2) is 0 Å². The molecule has 0 spiro atoms. The van der Waals surface area contributed by atoms with Crippen LogP contribution in [0.4, 0.5) is 0 Å². The molecule has 0 aromatic carbocycles. The summed E-state index contributed by atoms with van der Waals surface area (Å²) < 4.78 is 0. The van der Waals surface area contributed by atoms with Gasteiger partial charge in [-0.15, -0.1) is 0 Å². The average Bonchev–Trinajstić information content (AvgIpc) is 3.19. The molecule has 0 aliphatic carbocycles. The summed E-state index contributed by atoms with van der Waals surface area (Å²) in [6.45, 7) is 4.26. The minimum absolute atomic E-state index is 0.307. The Morgan fingerprint density at radius 3 is 0.818 bits per heavy atom. The first-order chi connectivity index (χ1) is 27.1. The molecule has 330 valence electrons. The van der Waals surface area contributed by atoms with Gasteiger partial charge in [-0.2, -0.15) is 0 Å². The van der Waals surface area contributed by atoms with Gasteiger partial charge in [0, 0.05) is 0 Å². The van der Waals surface area contributed by atoms with Crippen molar-refractivity contribution in [2.45, 2.75) is 308 Å². The molecule has 0 aromatic rings. The predicted octanol–water partition coefficient (Wildman–Crippen LogP) is 15.0. The maximum atomic E-state index is 12.5. The molecule has 0 aliphatic rings. The molecule has 0 bridgehead atoms. The summed E-state index contributed by atoms with van der Waals surface area (Å²) in [5.41, 5.74) is 0. The largest absolute Gasteiger partial charge is 0.394 e. The smallest absolute Gasteiger partial charge is 0.249 e. The van der Waals surface area contributed by atoms with Crippen LogP contribution in [-0.2, 0) is 4.79 Å². The predicted molar refractivity (Wildman–Crippen MR) is 241 cm³/mol. The third kappa shape index (κ3) is 41.3. The third-order valence-corrected chi connectivity index (χ3v) is 12.2. The first-order valence-electron chi connectivity index (χ1n) is 25.3. The molecule has 3 atom stereocenters. The number of carbonyl (C=O) groups is 1. The lowest BCUT2D eigenvalue weighted by Crippen LogP contribution is -2.49. The molecule has 5 heteroatoms. The van der Waals surface area contributed by atoms with Crippen molar-refractivity contribution in [3.05, 3.63) is 0 Å². The van der Waals surface area contributed by atoms with Crippen LogP contribution in [0.5, 0.6) is 0 Å². The third-order valence-electron chi connectivity index (χ3n) is 12.2. The summed E-state index contributed by atoms with van der Waals surface area (Å²) in [6, 6.07) is -0.706. The molecule has 0 saturated heterocycles. The van der Waals surface area contributed by atoms with Crippen molar-refractivity contribution in [2.75, 3.05) is 6.61 Å². The molecule has 5 nitrogen and oxygen atoms in total. The Kier molecular flexibility index (Phi) is 45.5. The van der Waals surface area contributed by atoms with E-state index in [0.29, 0.717) is 12.8 Å². The van der Waals surface area contributed by atoms with Crippen LogP contribution in [0.3, 0.4) is 0 Å². The zero-order valence-electron chi connectivity index (χ0n) is 37.6. The highest BCUT2D eigenvalue weighted by molar-refractivity contribution is 5.80. The van der Waals surface area contributed by atoms with Gasteiger partial charge in [-0.25, -0.2) is 0 Å². The summed E-state index contributed by atoms with van der Waals surface area (Å²) in [7, 11) is 0. The number of carbonyl (C=O) groups excluding carboxylic acids is 1. The van der Waals surface area contributed by atoms with E-state index >= 15 is 0 Å². The van der Waals surface area contributed by atoms with Crippen molar-refractivity contribution < 1.29 is 20.1 Å².